The molecule has 0 fully saturated rings. The van der Waals surface area contributed by atoms with Crippen LogP contribution in [0, 0.1) is 5.41 Å². The fourth-order valence-corrected chi connectivity index (χ4v) is 0.192. The third-order valence-corrected chi connectivity index (χ3v) is 0.565. The van der Waals surface area contributed by atoms with Crippen LogP contribution in [0.5, 0.6) is 0 Å². The van der Waals surface area contributed by atoms with Crippen molar-refractivity contribution >= 4 is 12.5 Å². The zero-order valence-corrected chi connectivity index (χ0v) is 3.92. The summed E-state index contributed by atoms with van der Waals surface area (Å²) in [7, 11) is 0. The normalized spacial score (nSPS) is 12.7. The molecule has 3 heteroatoms. The van der Waals surface area contributed by atoms with E-state index in [1.54, 1.807) is 0 Å². The molecule has 0 aliphatic carbocycles. The molecule has 0 bridgehead atoms. The molecule has 40 valence electrons. The summed E-state index contributed by atoms with van der Waals surface area (Å²) in [5.41, 5.74) is 5.06. The Morgan fingerprint density at radius 3 is 2.57 bits per heavy atom. The first-order valence-electron chi connectivity index (χ1n) is 2.01. The Hall–Kier alpha value is -0.700. The maximum Gasteiger partial charge on any atom is 0.137 e. The van der Waals surface area contributed by atoms with E-state index in [1.165, 1.54) is 0 Å². The van der Waals surface area contributed by atoms with Gasteiger partial charge in [0, 0.05) is 6.42 Å². The monoisotopic (exact) mass is 100 g/mol. The van der Waals surface area contributed by atoms with Gasteiger partial charge in [-0.3, -0.25) is 0 Å². The molecule has 3 nitrogen and oxygen atoms in total. The van der Waals surface area contributed by atoms with Gasteiger partial charge in [-0.05, 0) is 6.21 Å². The number of hydrogen-bond acceptors (Lipinski definition) is 3. The molecule has 1 unspecified atom stereocenters. The smallest absolute Gasteiger partial charge is 0.137 e. The molecule has 0 aromatic heterocycles. The molecular formula is C4H8N2O. The number of rotatable bonds is 3. The van der Waals surface area contributed by atoms with Crippen LogP contribution in [0.4, 0.5) is 0 Å². The lowest BCUT2D eigenvalue weighted by molar-refractivity contribution is -0.108. The Labute approximate surface area is 42.0 Å². The zero-order valence-electron chi connectivity index (χ0n) is 3.92. The first kappa shape index (κ1) is 6.30. The third kappa shape index (κ3) is 3.12. The van der Waals surface area contributed by atoms with Crippen molar-refractivity contribution in [2.45, 2.75) is 12.5 Å². The molecule has 0 spiro atoms. The molecule has 0 aromatic rings. The van der Waals surface area contributed by atoms with Crippen LogP contribution in [0.2, 0.25) is 0 Å². The van der Waals surface area contributed by atoms with Gasteiger partial charge in [0.1, 0.15) is 6.29 Å². The van der Waals surface area contributed by atoms with Crippen molar-refractivity contribution in [3.63, 3.8) is 0 Å². The van der Waals surface area contributed by atoms with Crippen molar-refractivity contribution in [1.82, 2.24) is 0 Å². The van der Waals surface area contributed by atoms with E-state index in [4.69, 9.17) is 11.1 Å². The van der Waals surface area contributed by atoms with Gasteiger partial charge in [-0.15, -0.1) is 0 Å². The number of aldehydes is 1. The van der Waals surface area contributed by atoms with Crippen LogP contribution in [0.1, 0.15) is 6.42 Å². The molecule has 7 heavy (non-hydrogen) atoms. The summed E-state index contributed by atoms with van der Waals surface area (Å²) < 4.78 is 0. The molecule has 1 atom stereocenters. The van der Waals surface area contributed by atoms with Crippen LogP contribution in [0.3, 0.4) is 0 Å². The van der Waals surface area contributed by atoms with E-state index in [-0.39, 0.29) is 0 Å². The average Bonchev–Trinajstić information content (AvgIpc) is 1.68. The predicted octanol–water partition coefficient (Wildman–Crippen LogP) is -0.448. The summed E-state index contributed by atoms with van der Waals surface area (Å²) in [5, 5.41) is 6.47. The van der Waals surface area contributed by atoms with Crippen LogP contribution < -0.4 is 5.73 Å². The highest BCUT2D eigenvalue weighted by Gasteiger charge is 1.92. The van der Waals surface area contributed by atoms with Crippen LogP contribution in [0.15, 0.2) is 0 Å². The van der Waals surface area contributed by atoms with Crippen LogP contribution in [-0.4, -0.2) is 18.5 Å². The van der Waals surface area contributed by atoms with Crippen LogP contribution in [0.25, 0.3) is 0 Å². The standard InChI is InChI=1S/C4H8N2O/c5-2-1-4(6)3-7/h2-5H,1,6H2. The SMILES string of the molecule is N=CCC(N)C=O. The molecule has 3 N–H and O–H groups in total. The van der Waals surface area contributed by atoms with Crippen molar-refractivity contribution in [1.29, 1.82) is 5.41 Å². The van der Waals surface area contributed by atoms with Gasteiger partial charge in [0.2, 0.25) is 0 Å². The summed E-state index contributed by atoms with van der Waals surface area (Å²) in [6.45, 7) is 0. The average molecular weight is 100 g/mol. The minimum atomic E-state index is -0.475. The molecule has 0 aliphatic rings. The van der Waals surface area contributed by atoms with Crippen LogP contribution >= 0.6 is 0 Å². The topological polar surface area (TPSA) is 66.9 Å². The fourth-order valence-electron chi connectivity index (χ4n) is 0.192. The van der Waals surface area contributed by atoms with Crippen molar-refractivity contribution in [2.75, 3.05) is 0 Å². The predicted molar refractivity (Wildman–Crippen MR) is 27.4 cm³/mol. The van der Waals surface area contributed by atoms with Gasteiger partial charge in [-0.1, -0.05) is 0 Å². The van der Waals surface area contributed by atoms with Gasteiger partial charge in [-0.2, -0.15) is 0 Å². The second-order valence-electron chi connectivity index (χ2n) is 1.24. The number of carbonyl (C=O) groups is 1. The van der Waals surface area contributed by atoms with E-state index in [0.717, 1.165) is 6.21 Å². The first-order chi connectivity index (χ1) is 3.31. The molecule has 0 amide bonds. The summed E-state index contributed by atoms with van der Waals surface area (Å²) in [6.07, 6.45) is 2.10. The van der Waals surface area contributed by atoms with Crippen LogP contribution in [-0.2, 0) is 4.79 Å². The van der Waals surface area contributed by atoms with Gasteiger partial charge >= 0.3 is 0 Å². The van der Waals surface area contributed by atoms with E-state index in [2.05, 4.69) is 0 Å². The minimum Gasteiger partial charge on any atom is -0.321 e. The van der Waals surface area contributed by atoms with Gasteiger partial charge in [0.15, 0.2) is 0 Å². The van der Waals surface area contributed by atoms with Gasteiger partial charge in [-0.25, -0.2) is 0 Å². The summed E-state index contributed by atoms with van der Waals surface area (Å²) in [6, 6.07) is -0.475. The summed E-state index contributed by atoms with van der Waals surface area (Å²) >= 11 is 0. The lowest BCUT2D eigenvalue weighted by Crippen LogP contribution is -2.21. The van der Waals surface area contributed by atoms with E-state index < -0.39 is 6.04 Å². The van der Waals surface area contributed by atoms with Gasteiger partial charge in [0.25, 0.3) is 0 Å². The number of nitrogens with two attached hydrogens (primary N) is 1. The maximum atomic E-state index is 9.67. The zero-order chi connectivity index (χ0) is 5.70. The molecule has 0 saturated heterocycles. The summed E-state index contributed by atoms with van der Waals surface area (Å²) in [5.74, 6) is 0. The second-order valence-corrected chi connectivity index (χ2v) is 1.24. The third-order valence-electron chi connectivity index (χ3n) is 0.565. The molecule has 0 heterocycles. The van der Waals surface area contributed by atoms with E-state index >= 15 is 0 Å². The van der Waals surface area contributed by atoms with Gasteiger partial charge < -0.3 is 15.9 Å². The quantitative estimate of drug-likeness (QED) is 0.372. The molecule has 0 saturated carbocycles. The number of hydrogen-bond donors (Lipinski definition) is 2. The Kier molecular flexibility index (Phi) is 3.14. The van der Waals surface area contributed by atoms with Crippen molar-refractivity contribution in [3.8, 4) is 0 Å². The second kappa shape index (κ2) is 3.49. The van der Waals surface area contributed by atoms with Gasteiger partial charge in [0.05, 0.1) is 6.04 Å². The highest BCUT2D eigenvalue weighted by atomic mass is 16.1. The maximum absolute atomic E-state index is 9.67. The molecule has 0 radical (unpaired) electrons. The Morgan fingerprint density at radius 1 is 1.86 bits per heavy atom. The van der Waals surface area contributed by atoms with Crippen molar-refractivity contribution in [2.24, 2.45) is 5.73 Å². The lowest BCUT2D eigenvalue weighted by atomic mass is 10.3. The van der Waals surface area contributed by atoms with Crippen molar-refractivity contribution in [3.05, 3.63) is 0 Å². The Bertz CT molecular complexity index is 72.1. The molecule has 0 rings (SSSR count). The van der Waals surface area contributed by atoms with E-state index in [9.17, 15) is 4.79 Å². The minimum absolute atomic E-state index is 0.351. The largest absolute Gasteiger partial charge is 0.321 e. The number of nitrogens with one attached hydrogen (secondary N) is 1. The summed E-state index contributed by atoms with van der Waals surface area (Å²) in [4.78, 5) is 9.67. The van der Waals surface area contributed by atoms with Crippen molar-refractivity contribution < 1.29 is 4.79 Å². The Morgan fingerprint density at radius 2 is 2.43 bits per heavy atom. The Balaban J connectivity index is 3.15. The number of carbonyl (C=O) groups excluding carboxylic acids is 1. The highest BCUT2D eigenvalue weighted by molar-refractivity contribution is 5.65. The highest BCUT2D eigenvalue weighted by Crippen LogP contribution is 1.73. The first-order valence-corrected chi connectivity index (χ1v) is 2.01. The fraction of sp³-hybridized carbons (Fsp3) is 0.500. The molecule has 0 aromatic carbocycles. The molecule has 0 aliphatic heterocycles. The van der Waals surface area contributed by atoms with E-state index in [0.29, 0.717) is 12.7 Å². The lowest BCUT2D eigenvalue weighted by Gasteiger charge is -1.91. The molecular weight excluding hydrogens is 92.1 g/mol. The van der Waals surface area contributed by atoms with E-state index in [1.807, 2.05) is 0 Å².